The monoisotopic (exact) mass is 490 g/mol. The summed E-state index contributed by atoms with van der Waals surface area (Å²) in [6.45, 7) is 5.54. The summed E-state index contributed by atoms with van der Waals surface area (Å²) < 4.78 is 39.8. The zero-order chi connectivity index (χ0) is 25.1. The molecule has 182 valence electrons. The van der Waals surface area contributed by atoms with E-state index in [2.05, 4.69) is 10.6 Å². The van der Waals surface area contributed by atoms with Crippen LogP contribution in [0.15, 0.2) is 18.2 Å². The van der Waals surface area contributed by atoms with Gasteiger partial charge in [0.15, 0.2) is 0 Å². The van der Waals surface area contributed by atoms with Crippen molar-refractivity contribution in [3.63, 3.8) is 0 Å². The minimum absolute atomic E-state index is 0.00299. The van der Waals surface area contributed by atoms with Gasteiger partial charge in [-0.1, -0.05) is 0 Å². The Morgan fingerprint density at radius 3 is 2.26 bits per heavy atom. The Bertz CT molecular complexity index is 1320. The number of piperidine rings is 1. The predicted molar refractivity (Wildman–Crippen MR) is 124 cm³/mol. The van der Waals surface area contributed by atoms with Crippen molar-refractivity contribution < 1.29 is 27.2 Å². The molecule has 2 aromatic rings. The van der Waals surface area contributed by atoms with Crippen LogP contribution in [-0.2, 0) is 21.9 Å². The van der Waals surface area contributed by atoms with Crippen LogP contribution in [0, 0.1) is 38.4 Å². The normalized spacial score (nSPS) is 21.8. The number of halogens is 1. The summed E-state index contributed by atoms with van der Waals surface area (Å²) in [6.07, 6.45) is 1.15. The average molecular weight is 491 g/mol. The van der Waals surface area contributed by atoms with E-state index in [0.717, 1.165) is 6.26 Å². The lowest BCUT2D eigenvalue weighted by atomic mass is 10.1. The summed E-state index contributed by atoms with van der Waals surface area (Å²) in [5.41, 5.74) is 2.07. The number of hydrogen-bond acceptors (Lipinski definition) is 5. The molecule has 11 heteroatoms. The highest BCUT2D eigenvalue weighted by atomic mass is 32.2. The Hall–Kier alpha value is -3.05. The zero-order valence-corrected chi connectivity index (χ0v) is 20.4. The van der Waals surface area contributed by atoms with Crippen LogP contribution in [0.2, 0.25) is 0 Å². The maximum atomic E-state index is 13.5. The van der Waals surface area contributed by atoms with Crippen molar-refractivity contribution in [2.24, 2.45) is 18.9 Å². The second-order valence-corrected chi connectivity index (χ2v) is 11.1. The van der Waals surface area contributed by atoms with Crippen molar-refractivity contribution >= 4 is 33.3 Å². The third kappa shape index (κ3) is 4.14. The van der Waals surface area contributed by atoms with Gasteiger partial charge >= 0.3 is 0 Å². The molecular weight excluding hydrogens is 463 g/mol. The summed E-state index contributed by atoms with van der Waals surface area (Å²) in [7, 11) is -1.66. The van der Waals surface area contributed by atoms with Gasteiger partial charge < -0.3 is 15.2 Å². The topological polar surface area (TPSA) is 118 Å². The number of aryl methyl sites for hydroxylation is 1. The van der Waals surface area contributed by atoms with Crippen molar-refractivity contribution in [3.8, 4) is 0 Å². The van der Waals surface area contributed by atoms with E-state index in [1.807, 2.05) is 0 Å². The van der Waals surface area contributed by atoms with Crippen LogP contribution in [-0.4, -0.2) is 60.3 Å². The molecule has 1 saturated heterocycles. The first-order valence-corrected chi connectivity index (χ1v) is 12.7. The minimum atomic E-state index is -3.27. The first-order chi connectivity index (χ1) is 15.8. The average Bonchev–Trinajstić information content (AvgIpc) is 3.07. The van der Waals surface area contributed by atoms with E-state index in [9.17, 15) is 27.2 Å². The molecule has 1 aliphatic carbocycles. The van der Waals surface area contributed by atoms with Crippen molar-refractivity contribution in [3.05, 3.63) is 52.1 Å². The Morgan fingerprint density at radius 2 is 1.71 bits per heavy atom. The van der Waals surface area contributed by atoms with Gasteiger partial charge in [-0.3, -0.25) is 14.4 Å². The number of amides is 2. The van der Waals surface area contributed by atoms with E-state index in [0.29, 0.717) is 35.6 Å². The minimum Gasteiger partial charge on any atom is -0.346 e. The standard InChI is InChI=1S/C23H27FN4O5S/c1-11-8-14(6-7-17(11)24)25-22(30)18-12(2)20(27(4)13(18)3)21(29)23(31)26-19-15-9-28(10-16(15)19)34(5,32)33/h6-8,15-16,19H,9-10H2,1-5H3,(H,25,30)(H,26,31)/t15-,16+,19+. The number of hydrogen-bond donors (Lipinski definition) is 2. The van der Waals surface area contributed by atoms with Crippen LogP contribution in [0.4, 0.5) is 10.1 Å². The Balaban J connectivity index is 1.48. The molecule has 1 saturated carbocycles. The fourth-order valence-electron chi connectivity index (χ4n) is 4.85. The number of aromatic nitrogens is 1. The van der Waals surface area contributed by atoms with Crippen LogP contribution in [0.3, 0.4) is 0 Å². The molecule has 1 aromatic heterocycles. The van der Waals surface area contributed by atoms with Crippen molar-refractivity contribution in [1.29, 1.82) is 0 Å². The van der Waals surface area contributed by atoms with Gasteiger partial charge in [-0.2, -0.15) is 0 Å². The van der Waals surface area contributed by atoms with E-state index in [4.69, 9.17) is 0 Å². The lowest BCUT2D eigenvalue weighted by Crippen LogP contribution is -2.40. The fourth-order valence-corrected chi connectivity index (χ4v) is 5.73. The van der Waals surface area contributed by atoms with E-state index < -0.39 is 27.6 Å². The largest absolute Gasteiger partial charge is 0.346 e. The molecule has 2 heterocycles. The fraction of sp³-hybridized carbons (Fsp3) is 0.435. The molecule has 4 rings (SSSR count). The lowest BCUT2D eigenvalue weighted by molar-refractivity contribution is -0.117. The van der Waals surface area contributed by atoms with Crippen molar-refractivity contribution in [2.45, 2.75) is 26.8 Å². The first kappa shape index (κ1) is 24.1. The smallest absolute Gasteiger partial charge is 0.294 e. The number of carbonyl (C=O) groups is 3. The van der Waals surface area contributed by atoms with Gasteiger partial charge in [-0.05, 0) is 61.9 Å². The molecule has 34 heavy (non-hydrogen) atoms. The SMILES string of the molecule is Cc1cc(NC(=O)c2c(C)c(C(=O)C(=O)N[C@H]3[C@@H]4CN(S(C)(=O)=O)C[C@@H]43)n(C)c2C)ccc1F. The highest BCUT2D eigenvalue weighted by Crippen LogP contribution is 2.46. The van der Waals surface area contributed by atoms with Crippen LogP contribution >= 0.6 is 0 Å². The molecule has 9 nitrogen and oxygen atoms in total. The molecule has 2 fully saturated rings. The number of carbonyl (C=O) groups excluding carboxylic acids is 3. The number of sulfonamides is 1. The molecule has 2 amide bonds. The predicted octanol–water partition coefficient (Wildman–Crippen LogP) is 1.53. The molecule has 2 N–H and O–H groups in total. The van der Waals surface area contributed by atoms with Gasteiger partial charge in [-0.15, -0.1) is 0 Å². The molecule has 1 aromatic carbocycles. The number of nitrogens with one attached hydrogen (secondary N) is 2. The summed E-state index contributed by atoms with van der Waals surface area (Å²) in [4.78, 5) is 38.7. The third-order valence-electron chi connectivity index (χ3n) is 6.92. The third-order valence-corrected chi connectivity index (χ3v) is 8.16. The van der Waals surface area contributed by atoms with Gasteiger partial charge in [0, 0.05) is 37.6 Å². The van der Waals surface area contributed by atoms with Crippen LogP contribution in [0.25, 0.3) is 0 Å². The summed E-state index contributed by atoms with van der Waals surface area (Å²) in [6, 6.07) is 3.99. The summed E-state index contributed by atoms with van der Waals surface area (Å²) in [5.74, 6) is -2.38. The lowest BCUT2D eigenvalue weighted by Gasteiger charge is -2.17. The molecule has 0 unspecified atom stereocenters. The van der Waals surface area contributed by atoms with Gasteiger partial charge in [0.25, 0.3) is 17.6 Å². The molecule has 0 bridgehead atoms. The van der Waals surface area contributed by atoms with Crippen molar-refractivity contribution in [2.75, 3.05) is 24.7 Å². The van der Waals surface area contributed by atoms with Gasteiger partial charge in [0.05, 0.1) is 17.5 Å². The Kier molecular flexibility index (Phi) is 5.89. The molecule has 3 atom stereocenters. The summed E-state index contributed by atoms with van der Waals surface area (Å²) in [5, 5.41) is 5.45. The number of benzene rings is 1. The Labute approximate surface area is 197 Å². The number of anilines is 1. The van der Waals surface area contributed by atoms with Gasteiger partial charge in [-0.25, -0.2) is 17.1 Å². The van der Waals surface area contributed by atoms with Crippen LogP contribution in [0.5, 0.6) is 0 Å². The quantitative estimate of drug-likeness (QED) is 0.470. The second kappa shape index (κ2) is 8.31. The van der Waals surface area contributed by atoms with E-state index in [1.165, 1.54) is 27.1 Å². The van der Waals surface area contributed by atoms with E-state index >= 15 is 0 Å². The maximum absolute atomic E-state index is 13.5. The highest BCUT2D eigenvalue weighted by molar-refractivity contribution is 7.88. The molecule has 0 radical (unpaired) electrons. The zero-order valence-electron chi connectivity index (χ0n) is 19.6. The second-order valence-electron chi connectivity index (χ2n) is 9.15. The van der Waals surface area contributed by atoms with Gasteiger partial charge in [0.2, 0.25) is 10.0 Å². The number of fused-ring (bicyclic) bond motifs is 1. The van der Waals surface area contributed by atoms with Gasteiger partial charge in [0.1, 0.15) is 5.82 Å². The number of rotatable bonds is 6. The number of nitrogens with zero attached hydrogens (tertiary/aromatic N) is 2. The molecule has 2 aliphatic rings. The summed E-state index contributed by atoms with van der Waals surface area (Å²) >= 11 is 0. The van der Waals surface area contributed by atoms with E-state index in [-0.39, 0.29) is 35.0 Å². The molecular formula is C23H27FN4O5S. The number of Topliss-reactive ketones (excluding diaryl/α,β-unsaturated/α-hetero) is 1. The first-order valence-electron chi connectivity index (χ1n) is 10.8. The van der Waals surface area contributed by atoms with E-state index in [1.54, 1.807) is 27.8 Å². The van der Waals surface area contributed by atoms with Crippen LogP contribution < -0.4 is 10.6 Å². The Morgan fingerprint density at radius 1 is 1.09 bits per heavy atom. The van der Waals surface area contributed by atoms with Crippen LogP contribution in [0.1, 0.15) is 37.7 Å². The molecule has 0 spiro atoms. The highest BCUT2D eigenvalue weighted by Gasteiger charge is 2.58. The van der Waals surface area contributed by atoms with Crippen molar-refractivity contribution in [1.82, 2.24) is 14.2 Å². The number of ketones is 1. The molecule has 1 aliphatic heterocycles. The maximum Gasteiger partial charge on any atom is 0.294 e.